The number of rotatable bonds is 2. The normalized spacial score (nSPS) is 10.3. The topological polar surface area (TPSA) is 116 Å². The summed E-state index contributed by atoms with van der Waals surface area (Å²) >= 11 is 3.11. The summed E-state index contributed by atoms with van der Waals surface area (Å²) < 4.78 is 0.445. The van der Waals surface area contributed by atoms with E-state index in [1.165, 1.54) is 12.1 Å². The van der Waals surface area contributed by atoms with Crippen LogP contribution in [0, 0.1) is 0 Å². The van der Waals surface area contributed by atoms with Crippen molar-refractivity contribution in [2.75, 3.05) is 0 Å². The van der Waals surface area contributed by atoms with Crippen molar-refractivity contribution in [2.24, 2.45) is 0 Å². The van der Waals surface area contributed by atoms with Crippen molar-refractivity contribution in [3.05, 3.63) is 38.9 Å². The number of H-pyrrole nitrogens is 1. The Labute approximate surface area is 108 Å². The Hall–Kier alpha value is -2.22. The smallest absolute Gasteiger partial charge is 0.342 e. The largest absolute Gasteiger partial charge is 0.506 e. The summed E-state index contributed by atoms with van der Waals surface area (Å²) in [6, 6.07) is 2.89. The number of carboxylic acid groups (broad SMARTS) is 1. The molecule has 2 aromatic rings. The number of aromatic carboxylic acids is 1. The zero-order valence-corrected chi connectivity index (χ0v) is 10.3. The van der Waals surface area contributed by atoms with E-state index in [-0.39, 0.29) is 17.3 Å². The Kier molecular flexibility index (Phi) is 3.11. The SMILES string of the molecule is O=C(O)c1cnc(-c2nc(Br)ccc2O)[nH]c1=O. The molecule has 8 heteroatoms. The number of hydrogen-bond acceptors (Lipinski definition) is 5. The van der Waals surface area contributed by atoms with Crippen LogP contribution in [0.1, 0.15) is 10.4 Å². The Balaban J connectivity index is 2.59. The molecule has 0 aliphatic carbocycles. The van der Waals surface area contributed by atoms with E-state index >= 15 is 0 Å². The van der Waals surface area contributed by atoms with Gasteiger partial charge >= 0.3 is 5.97 Å². The van der Waals surface area contributed by atoms with Gasteiger partial charge in [-0.3, -0.25) is 4.79 Å². The highest BCUT2D eigenvalue weighted by Gasteiger charge is 2.14. The van der Waals surface area contributed by atoms with Crippen molar-refractivity contribution in [1.82, 2.24) is 15.0 Å². The van der Waals surface area contributed by atoms with Crippen LogP contribution in [0.5, 0.6) is 5.75 Å². The van der Waals surface area contributed by atoms with Gasteiger partial charge in [-0.2, -0.15) is 0 Å². The third kappa shape index (κ3) is 2.23. The van der Waals surface area contributed by atoms with Crippen LogP contribution < -0.4 is 5.56 Å². The van der Waals surface area contributed by atoms with Crippen LogP contribution in [0.4, 0.5) is 0 Å². The summed E-state index contributed by atoms with van der Waals surface area (Å²) in [5, 5.41) is 18.3. The summed E-state index contributed by atoms with van der Waals surface area (Å²) in [6.45, 7) is 0. The second-order valence-electron chi connectivity index (χ2n) is 3.28. The van der Waals surface area contributed by atoms with Crippen LogP contribution in [0.3, 0.4) is 0 Å². The van der Waals surface area contributed by atoms with Crippen LogP contribution >= 0.6 is 15.9 Å². The Bertz CT molecular complexity index is 683. The lowest BCUT2D eigenvalue weighted by atomic mass is 10.3. The van der Waals surface area contributed by atoms with Gasteiger partial charge in [0, 0.05) is 6.20 Å². The first-order valence-corrected chi connectivity index (χ1v) is 5.47. The zero-order chi connectivity index (χ0) is 13.3. The van der Waals surface area contributed by atoms with Crippen LogP contribution in [0.2, 0.25) is 0 Å². The molecule has 0 aromatic carbocycles. The van der Waals surface area contributed by atoms with E-state index in [2.05, 4.69) is 30.9 Å². The van der Waals surface area contributed by atoms with Crippen molar-refractivity contribution in [3.63, 3.8) is 0 Å². The molecule has 2 rings (SSSR count). The quantitative estimate of drug-likeness (QED) is 0.712. The fraction of sp³-hybridized carbons (Fsp3) is 0. The van der Waals surface area contributed by atoms with Gasteiger partial charge in [0.15, 0.2) is 5.82 Å². The molecule has 0 saturated heterocycles. The maximum absolute atomic E-state index is 11.5. The number of aromatic hydroxyl groups is 1. The Morgan fingerprint density at radius 3 is 2.72 bits per heavy atom. The summed E-state index contributed by atoms with van der Waals surface area (Å²) in [7, 11) is 0. The fourth-order valence-electron chi connectivity index (χ4n) is 1.27. The third-order valence-corrected chi connectivity index (χ3v) is 2.54. The molecule has 2 heterocycles. The van der Waals surface area contributed by atoms with E-state index in [4.69, 9.17) is 5.11 Å². The predicted molar refractivity (Wildman–Crippen MR) is 64.4 cm³/mol. The van der Waals surface area contributed by atoms with Crippen LogP contribution in [-0.4, -0.2) is 31.1 Å². The molecule has 2 aromatic heterocycles. The van der Waals surface area contributed by atoms with Crippen LogP contribution in [0.25, 0.3) is 11.5 Å². The van der Waals surface area contributed by atoms with Gasteiger partial charge in [-0.25, -0.2) is 14.8 Å². The molecule has 0 spiro atoms. The van der Waals surface area contributed by atoms with Gasteiger partial charge in [0.05, 0.1) is 0 Å². The molecule has 0 bridgehead atoms. The first-order chi connectivity index (χ1) is 8.49. The number of aromatic nitrogens is 3. The van der Waals surface area contributed by atoms with E-state index in [1.54, 1.807) is 0 Å². The Morgan fingerprint density at radius 1 is 1.39 bits per heavy atom. The third-order valence-electron chi connectivity index (χ3n) is 2.09. The minimum atomic E-state index is -1.37. The second kappa shape index (κ2) is 4.57. The highest BCUT2D eigenvalue weighted by Crippen LogP contribution is 2.25. The summed E-state index contributed by atoms with van der Waals surface area (Å²) in [6.07, 6.45) is 0.915. The number of hydrogen-bond donors (Lipinski definition) is 3. The number of halogens is 1. The minimum Gasteiger partial charge on any atom is -0.506 e. The molecular formula is C10H6BrN3O4. The van der Waals surface area contributed by atoms with Gasteiger partial charge < -0.3 is 15.2 Å². The molecule has 0 aliphatic heterocycles. The Morgan fingerprint density at radius 2 is 2.11 bits per heavy atom. The molecule has 0 saturated carbocycles. The summed E-state index contributed by atoms with van der Waals surface area (Å²) in [4.78, 5) is 32.1. The van der Waals surface area contributed by atoms with Crippen molar-refractivity contribution in [2.45, 2.75) is 0 Å². The highest BCUT2D eigenvalue weighted by molar-refractivity contribution is 9.10. The number of carboxylic acids is 1. The van der Waals surface area contributed by atoms with Gasteiger partial charge in [0.25, 0.3) is 5.56 Å². The lowest BCUT2D eigenvalue weighted by molar-refractivity contribution is 0.0694. The maximum Gasteiger partial charge on any atom is 0.342 e. The van der Waals surface area contributed by atoms with Crippen molar-refractivity contribution < 1.29 is 15.0 Å². The minimum absolute atomic E-state index is 0.0104. The second-order valence-corrected chi connectivity index (χ2v) is 4.09. The van der Waals surface area contributed by atoms with Gasteiger partial charge in [-0.05, 0) is 28.1 Å². The van der Waals surface area contributed by atoms with Gasteiger partial charge in [0.2, 0.25) is 0 Å². The average Bonchev–Trinajstić information content (AvgIpc) is 2.31. The van der Waals surface area contributed by atoms with Crippen molar-refractivity contribution in [1.29, 1.82) is 0 Å². The van der Waals surface area contributed by atoms with Crippen molar-refractivity contribution >= 4 is 21.9 Å². The molecule has 3 N–H and O–H groups in total. The van der Waals surface area contributed by atoms with E-state index in [1.807, 2.05) is 0 Å². The van der Waals surface area contributed by atoms with Gasteiger partial charge in [-0.1, -0.05) is 0 Å². The van der Waals surface area contributed by atoms with Crippen LogP contribution in [-0.2, 0) is 0 Å². The molecule has 0 fully saturated rings. The molecule has 0 amide bonds. The molecule has 92 valence electrons. The number of carbonyl (C=O) groups is 1. The molecule has 18 heavy (non-hydrogen) atoms. The predicted octanol–water partition coefficient (Wildman–Crippen LogP) is 0.998. The molecule has 0 unspecified atom stereocenters. The van der Waals surface area contributed by atoms with Crippen molar-refractivity contribution in [3.8, 4) is 17.3 Å². The number of pyridine rings is 1. The maximum atomic E-state index is 11.5. The lowest BCUT2D eigenvalue weighted by Crippen LogP contribution is -2.19. The van der Waals surface area contributed by atoms with E-state index in [0.29, 0.717) is 4.60 Å². The first kappa shape index (κ1) is 12.2. The number of nitrogens with one attached hydrogen (secondary N) is 1. The molecule has 0 atom stereocenters. The first-order valence-electron chi connectivity index (χ1n) is 4.67. The molecular weight excluding hydrogens is 306 g/mol. The van der Waals surface area contributed by atoms with Gasteiger partial charge in [-0.15, -0.1) is 0 Å². The zero-order valence-electron chi connectivity index (χ0n) is 8.72. The monoisotopic (exact) mass is 311 g/mol. The highest BCUT2D eigenvalue weighted by atomic mass is 79.9. The number of nitrogens with zero attached hydrogens (tertiary/aromatic N) is 2. The summed E-state index contributed by atoms with van der Waals surface area (Å²) in [5.41, 5.74) is -1.24. The summed E-state index contributed by atoms with van der Waals surface area (Å²) in [5.74, 6) is -1.56. The molecule has 0 radical (unpaired) electrons. The van der Waals surface area contributed by atoms with E-state index < -0.39 is 17.1 Å². The molecule has 0 aliphatic rings. The fourth-order valence-corrected chi connectivity index (χ4v) is 1.58. The van der Waals surface area contributed by atoms with Gasteiger partial charge in [0.1, 0.15) is 21.6 Å². The van der Waals surface area contributed by atoms with Crippen LogP contribution in [0.15, 0.2) is 27.7 Å². The lowest BCUT2D eigenvalue weighted by Gasteiger charge is -2.03. The van der Waals surface area contributed by atoms with E-state index in [9.17, 15) is 14.7 Å². The number of aromatic amines is 1. The average molecular weight is 312 g/mol. The standard InChI is InChI=1S/C10H6BrN3O4/c11-6-2-1-5(15)7(13-6)8-12-3-4(10(17)18)9(16)14-8/h1-3,15H,(H,17,18)(H,12,14,16). The molecule has 7 nitrogen and oxygen atoms in total. The van der Waals surface area contributed by atoms with E-state index in [0.717, 1.165) is 6.20 Å².